The highest BCUT2D eigenvalue weighted by Crippen LogP contribution is 2.31. The molecular formula is C27H35Cl2N3O5S. The fraction of sp³-hybridized carbons (Fsp3) is 0.481. The van der Waals surface area contributed by atoms with E-state index in [0.29, 0.717) is 27.8 Å². The van der Waals surface area contributed by atoms with Gasteiger partial charge in [-0.25, -0.2) is 8.42 Å². The molecule has 0 spiro atoms. The van der Waals surface area contributed by atoms with Crippen molar-refractivity contribution in [3.63, 3.8) is 0 Å². The molecule has 1 saturated carbocycles. The van der Waals surface area contributed by atoms with E-state index in [-0.39, 0.29) is 24.2 Å². The Bertz CT molecular complexity index is 1210. The van der Waals surface area contributed by atoms with Gasteiger partial charge in [-0.2, -0.15) is 0 Å². The zero-order valence-corrected chi connectivity index (χ0v) is 24.3. The van der Waals surface area contributed by atoms with E-state index in [1.165, 1.54) is 12.0 Å². The van der Waals surface area contributed by atoms with E-state index in [0.717, 1.165) is 42.7 Å². The zero-order chi connectivity index (χ0) is 27.9. The summed E-state index contributed by atoms with van der Waals surface area (Å²) in [4.78, 5) is 28.8. The minimum absolute atomic E-state index is 0.0484. The summed E-state index contributed by atoms with van der Waals surface area (Å²) >= 11 is 12.9. The molecule has 0 aromatic heterocycles. The van der Waals surface area contributed by atoms with Gasteiger partial charge in [-0.3, -0.25) is 13.9 Å². The third kappa shape index (κ3) is 7.55. The summed E-state index contributed by atoms with van der Waals surface area (Å²) < 4.78 is 32.0. The topological polar surface area (TPSA) is 96.0 Å². The first-order valence-corrected chi connectivity index (χ1v) is 15.3. The summed E-state index contributed by atoms with van der Waals surface area (Å²) in [6, 6.07) is 10.8. The summed E-state index contributed by atoms with van der Waals surface area (Å²) in [5, 5.41) is 3.80. The van der Waals surface area contributed by atoms with Gasteiger partial charge in [0.2, 0.25) is 21.8 Å². The Balaban J connectivity index is 1.98. The number of carbonyl (C=O) groups excluding carboxylic acids is 2. The number of para-hydroxylation sites is 2. The second kappa shape index (κ2) is 13.5. The Kier molecular flexibility index (Phi) is 10.7. The number of anilines is 1. The van der Waals surface area contributed by atoms with E-state index in [1.807, 2.05) is 6.92 Å². The summed E-state index contributed by atoms with van der Waals surface area (Å²) in [7, 11) is -2.46. The van der Waals surface area contributed by atoms with Crippen LogP contribution < -0.4 is 14.4 Å². The van der Waals surface area contributed by atoms with Gasteiger partial charge in [0, 0.05) is 28.2 Å². The number of halogens is 2. The van der Waals surface area contributed by atoms with E-state index >= 15 is 0 Å². The SMILES string of the molecule is CC[C@@H](C(=O)NC1CCCCC1)N(Cc1c(Cl)cccc1Cl)C(=O)CN(c1ccccc1OC)S(C)(=O)=O. The summed E-state index contributed by atoms with van der Waals surface area (Å²) in [5.74, 6) is -0.546. The number of carbonyl (C=O) groups is 2. The molecule has 0 radical (unpaired) electrons. The predicted octanol–water partition coefficient (Wildman–Crippen LogP) is 5.02. The lowest BCUT2D eigenvalue weighted by molar-refractivity contribution is -0.140. The molecule has 1 atom stereocenters. The monoisotopic (exact) mass is 583 g/mol. The van der Waals surface area contributed by atoms with E-state index in [2.05, 4.69) is 5.32 Å². The summed E-state index contributed by atoms with van der Waals surface area (Å²) in [6.07, 6.45) is 6.35. The van der Waals surface area contributed by atoms with Crippen LogP contribution in [0.3, 0.4) is 0 Å². The maximum atomic E-state index is 13.9. The number of methoxy groups -OCH3 is 1. The van der Waals surface area contributed by atoms with Crippen molar-refractivity contribution in [1.29, 1.82) is 0 Å². The lowest BCUT2D eigenvalue weighted by atomic mass is 9.95. The van der Waals surface area contributed by atoms with Crippen molar-refractivity contribution in [2.24, 2.45) is 0 Å². The number of hydrogen-bond donors (Lipinski definition) is 1. The van der Waals surface area contributed by atoms with Crippen molar-refractivity contribution in [2.45, 2.75) is 64.1 Å². The number of benzene rings is 2. The van der Waals surface area contributed by atoms with Gasteiger partial charge in [0.05, 0.1) is 19.1 Å². The predicted molar refractivity (Wildman–Crippen MR) is 151 cm³/mol. The minimum atomic E-state index is -3.89. The van der Waals surface area contributed by atoms with Crippen LogP contribution in [-0.2, 0) is 26.2 Å². The van der Waals surface area contributed by atoms with Crippen molar-refractivity contribution < 1.29 is 22.7 Å². The van der Waals surface area contributed by atoms with Crippen molar-refractivity contribution >= 4 is 50.7 Å². The molecule has 2 aromatic rings. The molecule has 1 aliphatic carbocycles. The van der Waals surface area contributed by atoms with Crippen LogP contribution in [0.1, 0.15) is 51.0 Å². The second-order valence-corrected chi connectivity index (χ2v) is 12.2. The van der Waals surface area contributed by atoms with Crippen molar-refractivity contribution in [3.05, 3.63) is 58.1 Å². The number of sulfonamides is 1. The number of hydrogen-bond acceptors (Lipinski definition) is 5. The van der Waals surface area contributed by atoms with Gasteiger partial charge in [0.1, 0.15) is 18.3 Å². The molecular weight excluding hydrogens is 549 g/mol. The molecule has 1 fully saturated rings. The smallest absolute Gasteiger partial charge is 0.244 e. The van der Waals surface area contributed by atoms with Gasteiger partial charge in [-0.1, -0.05) is 67.6 Å². The van der Waals surface area contributed by atoms with E-state index in [1.54, 1.807) is 42.5 Å². The van der Waals surface area contributed by atoms with E-state index in [9.17, 15) is 18.0 Å². The van der Waals surface area contributed by atoms with Crippen LogP contribution in [0.25, 0.3) is 0 Å². The maximum Gasteiger partial charge on any atom is 0.244 e. The molecule has 38 heavy (non-hydrogen) atoms. The van der Waals surface area contributed by atoms with Crippen LogP contribution in [0.2, 0.25) is 10.0 Å². The van der Waals surface area contributed by atoms with Gasteiger partial charge < -0.3 is 15.0 Å². The van der Waals surface area contributed by atoms with Crippen molar-refractivity contribution in [2.75, 3.05) is 24.2 Å². The molecule has 0 saturated heterocycles. The minimum Gasteiger partial charge on any atom is -0.495 e. The molecule has 2 amide bonds. The van der Waals surface area contributed by atoms with Crippen LogP contribution in [0.15, 0.2) is 42.5 Å². The molecule has 2 aromatic carbocycles. The third-order valence-corrected chi connectivity index (χ3v) is 8.60. The molecule has 0 heterocycles. The van der Waals surface area contributed by atoms with Crippen LogP contribution in [0.4, 0.5) is 5.69 Å². The van der Waals surface area contributed by atoms with Gasteiger partial charge in [0.15, 0.2) is 0 Å². The molecule has 0 unspecified atom stereocenters. The van der Waals surface area contributed by atoms with Crippen LogP contribution in [0.5, 0.6) is 5.75 Å². The highest BCUT2D eigenvalue weighted by molar-refractivity contribution is 7.92. The Morgan fingerprint density at radius 2 is 1.68 bits per heavy atom. The van der Waals surface area contributed by atoms with Gasteiger partial charge in [0.25, 0.3) is 0 Å². The van der Waals surface area contributed by atoms with Gasteiger partial charge in [-0.15, -0.1) is 0 Å². The number of rotatable bonds is 11. The lowest BCUT2D eigenvalue weighted by Crippen LogP contribution is -2.54. The normalized spacial score (nSPS) is 15.0. The maximum absolute atomic E-state index is 13.9. The first-order valence-electron chi connectivity index (χ1n) is 12.7. The second-order valence-electron chi connectivity index (χ2n) is 9.43. The first kappa shape index (κ1) is 30.1. The number of ether oxygens (including phenoxy) is 1. The van der Waals surface area contributed by atoms with Crippen LogP contribution in [0, 0.1) is 0 Å². The molecule has 1 aliphatic rings. The molecule has 1 N–H and O–H groups in total. The fourth-order valence-electron chi connectivity index (χ4n) is 4.75. The number of amides is 2. The van der Waals surface area contributed by atoms with E-state index < -0.39 is 28.5 Å². The quantitative estimate of drug-likeness (QED) is 0.400. The number of nitrogens with zero attached hydrogens (tertiary/aromatic N) is 2. The highest BCUT2D eigenvalue weighted by Gasteiger charge is 2.34. The van der Waals surface area contributed by atoms with E-state index in [4.69, 9.17) is 27.9 Å². The average Bonchev–Trinajstić information content (AvgIpc) is 2.88. The average molecular weight is 585 g/mol. The van der Waals surface area contributed by atoms with Gasteiger partial charge >= 0.3 is 0 Å². The summed E-state index contributed by atoms with van der Waals surface area (Å²) in [5.41, 5.74) is 0.706. The Morgan fingerprint density at radius 1 is 1.05 bits per heavy atom. The Hall–Kier alpha value is -2.49. The fourth-order valence-corrected chi connectivity index (χ4v) is 6.12. The van der Waals surface area contributed by atoms with Gasteiger partial charge in [-0.05, 0) is 43.5 Å². The molecule has 11 heteroatoms. The largest absolute Gasteiger partial charge is 0.495 e. The van der Waals surface area contributed by atoms with Crippen LogP contribution in [-0.4, -0.2) is 57.1 Å². The standard InChI is InChI=1S/C27H35Cl2N3O5S/c1-4-23(27(34)30-19-11-6-5-7-12-19)31(17-20-21(28)13-10-14-22(20)29)26(33)18-32(38(3,35)36)24-15-8-9-16-25(24)37-2/h8-10,13-16,19,23H,4-7,11-12,17-18H2,1-3H3,(H,30,34)/t23-/m0/s1. The third-order valence-electron chi connectivity index (χ3n) is 6.76. The van der Waals surface area contributed by atoms with Crippen molar-refractivity contribution in [3.8, 4) is 5.75 Å². The molecule has 0 bridgehead atoms. The van der Waals surface area contributed by atoms with Crippen LogP contribution >= 0.6 is 23.2 Å². The molecule has 208 valence electrons. The Labute approximate surface area is 235 Å². The zero-order valence-electron chi connectivity index (χ0n) is 22.0. The molecule has 0 aliphatic heterocycles. The summed E-state index contributed by atoms with van der Waals surface area (Å²) in [6.45, 7) is 1.22. The molecule has 8 nitrogen and oxygen atoms in total. The first-order chi connectivity index (χ1) is 18.1. The molecule has 3 rings (SSSR count). The lowest BCUT2D eigenvalue weighted by Gasteiger charge is -2.34. The number of nitrogens with one attached hydrogen (secondary N) is 1. The Morgan fingerprint density at radius 3 is 2.26 bits per heavy atom. The highest BCUT2D eigenvalue weighted by atomic mass is 35.5. The van der Waals surface area contributed by atoms with Crippen molar-refractivity contribution in [1.82, 2.24) is 10.2 Å².